The lowest BCUT2D eigenvalue weighted by molar-refractivity contribution is -0.120. The van der Waals surface area contributed by atoms with Crippen LogP contribution in [0.3, 0.4) is 0 Å². The second-order valence-corrected chi connectivity index (χ2v) is 5.70. The van der Waals surface area contributed by atoms with Crippen LogP contribution < -0.4 is 11.1 Å². The Balaban J connectivity index is 2.17. The van der Waals surface area contributed by atoms with Gasteiger partial charge in [-0.25, -0.2) is 4.39 Å². The van der Waals surface area contributed by atoms with Gasteiger partial charge in [0.2, 0.25) is 5.91 Å². The van der Waals surface area contributed by atoms with E-state index in [0.29, 0.717) is 10.2 Å². The van der Waals surface area contributed by atoms with Gasteiger partial charge in [0.1, 0.15) is 5.82 Å². The number of hydrogen-bond donors (Lipinski definition) is 2. The zero-order valence-corrected chi connectivity index (χ0v) is 11.9. The Morgan fingerprint density at radius 1 is 1.50 bits per heavy atom. The molecule has 0 spiro atoms. The molecule has 1 aromatic rings. The number of rotatable bonds is 2. The van der Waals surface area contributed by atoms with Crippen molar-refractivity contribution in [2.45, 2.75) is 25.3 Å². The third-order valence-electron chi connectivity index (χ3n) is 3.16. The van der Waals surface area contributed by atoms with Gasteiger partial charge in [0.25, 0.3) is 0 Å². The van der Waals surface area contributed by atoms with E-state index in [1.807, 2.05) is 0 Å². The number of amides is 1. The van der Waals surface area contributed by atoms with E-state index in [1.54, 1.807) is 0 Å². The first-order valence-electron chi connectivity index (χ1n) is 5.70. The van der Waals surface area contributed by atoms with E-state index in [4.69, 9.17) is 17.3 Å². The zero-order valence-electron chi connectivity index (χ0n) is 9.55. The summed E-state index contributed by atoms with van der Waals surface area (Å²) in [5, 5.41) is 2.88. The molecule has 1 saturated carbocycles. The quantitative estimate of drug-likeness (QED) is 0.871. The van der Waals surface area contributed by atoms with E-state index in [2.05, 4.69) is 21.2 Å². The molecule has 0 heterocycles. The highest BCUT2D eigenvalue weighted by atomic mass is 79.9. The average molecular weight is 336 g/mol. The topological polar surface area (TPSA) is 55.1 Å². The number of halogens is 3. The van der Waals surface area contributed by atoms with Crippen LogP contribution in [0.1, 0.15) is 19.3 Å². The first-order valence-corrected chi connectivity index (χ1v) is 6.87. The van der Waals surface area contributed by atoms with Crippen molar-refractivity contribution in [1.29, 1.82) is 0 Å². The van der Waals surface area contributed by atoms with Gasteiger partial charge in [-0.1, -0.05) is 18.0 Å². The molecule has 2 unspecified atom stereocenters. The van der Waals surface area contributed by atoms with Gasteiger partial charge < -0.3 is 11.1 Å². The Morgan fingerprint density at radius 2 is 2.22 bits per heavy atom. The highest BCUT2D eigenvalue weighted by Gasteiger charge is 2.30. The van der Waals surface area contributed by atoms with Crippen LogP contribution in [0.15, 0.2) is 16.6 Å². The molecule has 0 bridgehead atoms. The summed E-state index contributed by atoms with van der Waals surface area (Å²) < 4.78 is 13.5. The predicted octanol–water partition coefficient (Wildman–Crippen LogP) is 3.31. The van der Waals surface area contributed by atoms with Gasteiger partial charge in [0, 0.05) is 10.5 Å². The first-order chi connectivity index (χ1) is 8.49. The van der Waals surface area contributed by atoms with Crippen LogP contribution in [0.5, 0.6) is 0 Å². The molecule has 6 heteroatoms. The third kappa shape index (κ3) is 2.84. The number of hydrogen-bond acceptors (Lipinski definition) is 2. The second kappa shape index (κ2) is 5.55. The fraction of sp³-hybridized carbons (Fsp3) is 0.417. The highest BCUT2D eigenvalue weighted by Crippen LogP contribution is 2.33. The number of benzene rings is 1. The Kier molecular flexibility index (Phi) is 4.25. The van der Waals surface area contributed by atoms with E-state index < -0.39 is 5.82 Å². The number of nitrogens with two attached hydrogens (primary N) is 1. The summed E-state index contributed by atoms with van der Waals surface area (Å²) in [7, 11) is 0. The van der Waals surface area contributed by atoms with Crippen molar-refractivity contribution in [2.24, 2.45) is 11.7 Å². The molecule has 1 aromatic carbocycles. The average Bonchev–Trinajstić information content (AvgIpc) is 2.69. The first kappa shape index (κ1) is 13.8. The van der Waals surface area contributed by atoms with Crippen LogP contribution in [0, 0.1) is 11.7 Å². The molecular weight excluding hydrogens is 322 g/mol. The maximum absolute atomic E-state index is 13.1. The molecule has 0 radical (unpaired) electrons. The minimum absolute atomic E-state index is 0.108. The van der Waals surface area contributed by atoms with E-state index in [1.165, 1.54) is 6.07 Å². The fourth-order valence-corrected chi connectivity index (χ4v) is 3.09. The molecule has 3 nitrogen and oxygen atoms in total. The Hall–Kier alpha value is -0.650. The van der Waals surface area contributed by atoms with E-state index in [-0.39, 0.29) is 22.9 Å². The summed E-state index contributed by atoms with van der Waals surface area (Å²) in [5.74, 6) is -0.810. The predicted molar refractivity (Wildman–Crippen MR) is 73.1 cm³/mol. The molecule has 2 rings (SSSR count). The van der Waals surface area contributed by atoms with Gasteiger partial charge in [-0.3, -0.25) is 4.79 Å². The summed E-state index contributed by atoms with van der Waals surface area (Å²) in [6.07, 6.45) is 2.59. The van der Waals surface area contributed by atoms with Crippen molar-refractivity contribution in [2.75, 3.05) is 5.32 Å². The van der Waals surface area contributed by atoms with Crippen LogP contribution in [0.25, 0.3) is 0 Å². The molecule has 18 heavy (non-hydrogen) atoms. The van der Waals surface area contributed by atoms with Gasteiger partial charge in [-0.2, -0.15) is 0 Å². The van der Waals surface area contributed by atoms with Crippen LogP contribution >= 0.6 is 27.5 Å². The zero-order chi connectivity index (χ0) is 13.3. The molecule has 98 valence electrons. The van der Waals surface area contributed by atoms with Crippen LogP contribution in [-0.4, -0.2) is 11.9 Å². The van der Waals surface area contributed by atoms with Crippen molar-refractivity contribution < 1.29 is 9.18 Å². The van der Waals surface area contributed by atoms with Gasteiger partial charge in [-0.05, 0) is 40.9 Å². The Morgan fingerprint density at radius 3 is 2.78 bits per heavy atom. The molecule has 2 atom stereocenters. The van der Waals surface area contributed by atoms with Crippen molar-refractivity contribution in [3.8, 4) is 0 Å². The summed E-state index contributed by atoms with van der Waals surface area (Å²) in [5.41, 5.74) is 6.26. The number of carbonyl (C=O) groups is 1. The fourth-order valence-electron chi connectivity index (χ4n) is 2.19. The molecule has 0 aliphatic heterocycles. The number of nitrogens with one attached hydrogen (secondary N) is 1. The maximum Gasteiger partial charge on any atom is 0.229 e. The van der Waals surface area contributed by atoms with Gasteiger partial charge in [0.15, 0.2) is 0 Å². The smallest absolute Gasteiger partial charge is 0.229 e. The standard InChI is InChI=1S/C12H13BrClFN2O/c13-8-4-6(15)5-9(14)11(8)17-12(18)7-2-1-3-10(7)16/h4-5,7,10H,1-3,16H2,(H,17,18). The van der Waals surface area contributed by atoms with E-state index in [0.717, 1.165) is 25.3 Å². The SMILES string of the molecule is NC1CCCC1C(=O)Nc1c(Cl)cc(F)cc1Br. The van der Waals surface area contributed by atoms with Gasteiger partial charge in [0.05, 0.1) is 16.6 Å². The van der Waals surface area contributed by atoms with Crippen LogP contribution in [0.4, 0.5) is 10.1 Å². The molecule has 3 N–H and O–H groups in total. The van der Waals surface area contributed by atoms with E-state index >= 15 is 0 Å². The lowest BCUT2D eigenvalue weighted by atomic mass is 10.0. The van der Waals surface area contributed by atoms with E-state index in [9.17, 15) is 9.18 Å². The highest BCUT2D eigenvalue weighted by molar-refractivity contribution is 9.10. The molecule has 1 amide bonds. The Labute approximate surface area is 118 Å². The monoisotopic (exact) mass is 334 g/mol. The van der Waals surface area contributed by atoms with Crippen molar-refractivity contribution in [3.05, 3.63) is 27.4 Å². The minimum Gasteiger partial charge on any atom is -0.327 e. The second-order valence-electron chi connectivity index (χ2n) is 4.43. The minimum atomic E-state index is -0.456. The van der Waals surface area contributed by atoms with Crippen molar-refractivity contribution in [1.82, 2.24) is 0 Å². The molecule has 1 aliphatic rings. The molecule has 0 aromatic heterocycles. The summed E-state index contributed by atoms with van der Waals surface area (Å²) in [4.78, 5) is 12.1. The summed E-state index contributed by atoms with van der Waals surface area (Å²) in [6.45, 7) is 0. The summed E-state index contributed by atoms with van der Waals surface area (Å²) in [6, 6.07) is 2.31. The molecular formula is C12H13BrClFN2O. The van der Waals surface area contributed by atoms with Crippen LogP contribution in [-0.2, 0) is 4.79 Å². The van der Waals surface area contributed by atoms with Crippen molar-refractivity contribution >= 4 is 39.1 Å². The molecule has 1 aliphatic carbocycles. The lowest BCUT2D eigenvalue weighted by Crippen LogP contribution is -2.34. The van der Waals surface area contributed by atoms with Gasteiger partial charge >= 0.3 is 0 Å². The number of carbonyl (C=O) groups excluding carboxylic acids is 1. The molecule has 1 fully saturated rings. The normalized spacial score (nSPS) is 23.1. The van der Waals surface area contributed by atoms with Crippen molar-refractivity contribution in [3.63, 3.8) is 0 Å². The van der Waals surface area contributed by atoms with Crippen LogP contribution in [0.2, 0.25) is 5.02 Å². The maximum atomic E-state index is 13.1. The molecule has 0 saturated heterocycles. The third-order valence-corrected chi connectivity index (χ3v) is 4.08. The number of anilines is 1. The van der Waals surface area contributed by atoms with Gasteiger partial charge in [-0.15, -0.1) is 0 Å². The largest absolute Gasteiger partial charge is 0.327 e. The lowest BCUT2D eigenvalue weighted by Gasteiger charge is -2.16. The Bertz CT molecular complexity index is 460. The summed E-state index contributed by atoms with van der Waals surface area (Å²) >= 11 is 9.09.